The second-order valence-electron chi connectivity index (χ2n) is 4.04. The Labute approximate surface area is 118 Å². The molecule has 0 heterocycles. The lowest BCUT2D eigenvalue weighted by Crippen LogP contribution is -2.21. The first-order valence-corrected chi connectivity index (χ1v) is 6.76. The molecule has 0 aromatic heterocycles. The second kappa shape index (κ2) is 11.9. The van der Waals surface area contributed by atoms with Gasteiger partial charge in [-0.2, -0.15) is 0 Å². The smallest absolute Gasteiger partial charge is 0.260 e. The monoisotopic (exact) mass is 305 g/mol. The Morgan fingerprint density at radius 1 is 1.33 bits per heavy atom. The quantitative estimate of drug-likeness (QED) is 0.320. The highest BCUT2D eigenvalue weighted by molar-refractivity contribution is 6.47. The summed E-state index contributed by atoms with van der Waals surface area (Å²) in [6, 6.07) is 0. The maximum Gasteiger partial charge on any atom is 0.260 e. The maximum atomic E-state index is 13.2. The van der Waals surface area contributed by atoms with Crippen LogP contribution in [0.3, 0.4) is 0 Å². The third-order valence-corrected chi connectivity index (χ3v) is 2.96. The van der Waals surface area contributed by atoms with Gasteiger partial charge in [0.1, 0.15) is 0 Å². The van der Waals surface area contributed by atoms with Gasteiger partial charge in [-0.25, -0.2) is 4.39 Å². The van der Waals surface area contributed by atoms with Gasteiger partial charge in [0, 0.05) is 17.4 Å². The maximum absolute atomic E-state index is 13.2. The summed E-state index contributed by atoms with van der Waals surface area (Å²) in [5.74, 6) is -0.451. The lowest BCUT2D eigenvalue weighted by molar-refractivity contribution is -0.445. The molecule has 0 amide bonds. The number of rotatable bonds is 8. The van der Waals surface area contributed by atoms with E-state index < -0.39 is 15.4 Å². The molecule has 1 N–H and O–H groups in total. The largest absolute Gasteiger partial charge is 0.396 e. The van der Waals surface area contributed by atoms with E-state index in [1.54, 1.807) is 0 Å². The zero-order valence-corrected chi connectivity index (χ0v) is 12.4. The topological polar surface area (TPSA) is 63.4 Å². The van der Waals surface area contributed by atoms with E-state index in [0.717, 1.165) is 32.7 Å². The normalized spacial score (nSPS) is 12.6. The van der Waals surface area contributed by atoms with Crippen LogP contribution in [0.25, 0.3) is 0 Å². The van der Waals surface area contributed by atoms with E-state index >= 15 is 0 Å². The van der Waals surface area contributed by atoms with Crippen LogP contribution in [0.1, 0.15) is 45.4 Å². The minimum Gasteiger partial charge on any atom is -0.396 e. The summed E-state index contributed by atoms with van der Waals surface area (Å²) in [7, 11) is 0.889. The van der Waals surface area contributed by atoms with Crippen molar-refractivity contribution in [1.82, 2.24) is 0 Å². The summed E-state index contributed by atoms with van der Waals surface area (Å²) in [5.41, 5.74) is 0. The van der Waals surface area contributed by atoms with Crippen molar-refractivity contribution in [2.24, 2.45) is 5.92 Å². The fourth-order valence-corrected chi connectivity index (χ4v) is 1.88. The molecule has 0 fully saturated rings. The van der Waals surface area contributed by atoms with Crippen molar-refractivity contribution in [3.63, 3.8) is 0 Å². The van der Waals surface area contributed by atoms with E-state index in [-0.39, 0.29) is 6.61 Å². The van der Waals surface area contributed by atoms with Gasteiger partial charge in [-0.3, -0.25) is 10.1 Å². The van der Waals surface area contributed by atoms with Crippen LogP contribution in [-0.4, -0.2) is 28.3 Å². The molecule has 0 bridgehead atoms. The van der Waals surface area contributed by atoms with Crippen LogP contribution in [0.15, 0.2) is 0 Å². The Balaban J connectivity index is 0. The molecular formula is C11H22Cl2FNO3. The molecule has 0 aliphatic rings. The fraction of sp³-hybridized carbons (Fsp3) is 1.00. The lowest BCUT2D eigenvalue weighted by Gasteiger charge is -2.21. The van der Waals surface area contributed by atoms with Crippen LogP contribution in [0, 0.1) is 16.0 Å². The molecule has 0 radical (unpaired) electrons. The summed E-state index contributed by atoms with van der Waals surface area (Å²) < 4.78 is 11.0. The van der Waals surface area contributed by atoms with Gasteiger partial charge in [0.05, 0.1) is 0 Å². The van der Waals surface area contributed by atoms with Crippen LogP contribution in [0.5, 0.6) is 0 Å². The Bertz CT molecular complexity index is 209. The Morgan fingerprint density at radius 2 is 1.83 bits per heavy atom. The number of aliphatic hydroxyl groups excluding tert-OH is 1. The SMILES string of the molecule is CCCCCCC(CCO)C(F)(Cl)Cl.C[N+](=O)[O-]. The van der Waals surface area contributed by atoms with E-state index in [1.807, 2.05) is 0 Å². The third kappa shape index (κ3) is 15.9. The first-order valence-electron chi connectivity index (χ1n) is 6.01. The van der Waals surface area contributed by atoms with Gasteiger partial charge in [-0.05, 0) is 12.8 Å². The van der Waals surface area contributed by atoms with E-state index in [2.05, 4.69) is 6.92 Å². The molecule has 110 valence electrons. The predicted molar refractivity (Wildman–Crippen MR) is 72.4 cm³/mol. The van der Waals surface area contributed by atoms with Gasteiger partial charge >= 0.3 is 0 Å². The third-order valence-electron chi connectivity index (χ3n) is 2.35. The van der Waals surface area contributed by atoms with Crippen molar-refractivity contribution in [1.29, 1.82) is 0 Å². The number of alkyl halides is 3. The Morgan fingerprint density at radius 3 is 2.17 bits per heavy atom. The van der Waals surface area contributed by atoms with Gasteiger partial charge in [-0.15, -0.1) is 0 Å². The number of unbranched alkanes of at least 4 members (excludes halogenated alkanes) is 3. The van der Waals surface area contributed by atoms with Crippen molar-refractivity contribution in [2.75, 3.05) is 13.7 Å². The molecule has 0 spiro atoms. The van der Waals surface area contributed by atoms with Gasteiger partial charge in [0.2, 0.25) is 0 Å². The number of hydrogen-bond acceptors (Lipinski definition) is 3. The summed E-state index contributed by atoms with van der Waals surface area (Å²) in [4.78, 5) is 8.31. The van der Waals surface area contributed by atoms with Crippen LogP contribution in [0.2, 0.25) is 0 Å². The highest BCUT2D eigenvalue weighted by atomic mass is 35.5. The number of halogens is 3. The first-order chi connectivity index (χ1) is 8.25. The highest BCUT2D eigenvalue weighted by Crippen LogP contribution is 2.37. The average molecular weight is 306 g/mol. The Hall–Kier alpha value is -0.130. The summed E-state index contributed by atoms with van der Waals surface area (Å²) >= 11 is 10.8. The molecule has 7 heteroatoms. The van der Waals surface area contributed by atoms with Crippen LogP contribution < -0.4 is 0 Å². The van der Waals surface area contributed by atoms with Gasteiger partial charge < -0.3 is 5.11 Å². The van der Waals surface area contributed by atoms with Crippen LogP contribution in [0.4, 0.5) is 4.39 Å². The standard InChI is InChI=1S/C10H19Cl2FO.CH3NO2/c1-2-3-4-5-6-9(7-8-14)10(11,12)13;1-2(3)4/h9,14H,2-8H2,1H3;1H3. The Kier molecular flexibility index (Phi) is 13.4. The minimum absolute atomic E-state index is 0.0659. The molecule has 0 aliphatic carbocycles. The molecule has 4 nitrogen and oxygen atoms in total. The molecule has 18 heavy (non-hydrogen) atoms. The molecule has 0 saturated heterocycles. The van der Waals surface area contributed by atoms with E-state index in [9.17, 15) is 4.39 Å². The fourth-order valence-electron chi connectivity index (χ4n) is 1.45. The molecule has 0 aromatic rings. The average Bonchev–Trinajstić information content (AvgIpc) is 2.20. The molecular weight excluding hydrogens is 284 g/mol. The minimum atomic E-state index is -2.20. The van der Waals surface area contributed by atoms with Crippen LogP contribution in [-0.2, 0) is 0 Å². The first kappa shape index (κ1) is 20.2. The van der Waals surface area contributed by atoms with Crippen molar-refractivity contribution in [3.8, 4) is 0 Å². The summed E-state index contributed by atoms with van der Waals surface area (Å²) in [5, 5.41) is 17.5. The highest BCUT2D eigenvalue weighted by Gasteiger charge is 2.33. The van der Waals surface area contributed by atoms with Gasteiger partial charge in [0.25, 0.3) is 4.59 Å². The van der Waals surface area contributed by atoms with Crippen LogP contribution >= 0.6 is 23.2 Å². The molecule has 1 atom stereocenters. The number of nitrogens with zero attached hydrogens (tertiary/aromatic N) is 1. The lowest BCUT2D eigenvalue weighted by atomic mass is 9.98. The zero-order chi connectivity index (χ0) is 14.6. The van der Waals surface area contributed by atoms with Crippen molar-refractivity contribution in [2.45, 2.75) is 50.0 Å². The molecule has 1 unspecified atom stereocenters. The van der Waals surface area contributed by atoms with E-state index in [4.69, 9.17) is 38.4 Å². The number of nitro groups is 1. The summed E-state index contributed by atoms with van der Waals surface area (Å²) in [6.45, 7) is 2.05. The molecule has 0 rings (SSSR count). The van der Waals surface area contributed by atoms with E-state index in [0.29, 0.717) is 12.8 Å². The molecule has 0 saturated carbocycles. The zero-order valence-electron chi connectivity index (χ0n) is 10.9. The number of aliphatic hydroxyl groups is 1. The molecule has 0 aromatic carbocycles. The van der Waals surface area contributed by atoms with Gasteiger partial charge in [0.15, 0.2) is 7.05 Å². The second-order valence-corrected chi connectivity index (χ2v) is 5.33. The summed E-state index contributed by atoms with van der Waals surface area (Å²) in [6.07, 6.45) is 5.26. The number of hydrogen-bond donors (Lipinski definition) is 1. The van der Waals surface area contributed by atoms with E-state index in [1.165, 1.54) is 0 Å². The van der Waals surface area contributed by atoms with Crippen molar-refractivity contribution >= 4 is 23.2 Å². The van der Waals surface area contributed by atoms with Crippen molar-refractivity contribution in [3.05, 3.63) is 10.1 Å². The molecule has 0 aliphatic heterocycles. The van der Waals surface area contributed by atoms with Gasteiger partial charge in [-0.1, -0.05) is 55.8 Å². The predicted octanol–water partition coefficient (Wildman–Crippen LogP) is 3.95. The van der Waals surface area contributed by atoms with Crippen molar-refractivity contribution < 1.29 is 14.4 Å².